The first-order chi connectivity index (χ1) is 8.40. The van der Waals surface area contributed by atoms with E-state index >= 15 is 0 Å². The molecule has 0 heterocycles. The smallest absolute Gasteiger partial charge is 0.307 e. The minimum absolute atomic E-state index is 0.0593. The summed E-state index contributed by atoms with van der Waals surface area (Å²) in [6.07, 6.45) is 0.803. The molecule has 5 heteroatoms. The Hall–Kier alpha value is -0.940. The Morgan fingerprint density at radius 1 is 1.33 bits per heavy atom. The summed E-state index contributed by atoms with van der Waals surface area (Å²) in [5, 5.41) is 8.92. The number of Topliss-reactive ketones (excluding diaryl/α,β-unsaturated/α-hetero) is 1. The lowest BCUT2D eigenvalue weighted by Crippen LogP contribution is -2.42. The Labute approximate surface area is 109 Å². The summed E-state index contributed by atoms with van der Waals surface area (Å²) in [6, 6.07) is -0.242. The van der Waals surface area contributed by atoms with Crippen LogP contribution in [0.15, 0.2) is 0 Å². The molecule has 0 radical (unpaired) electrons. The molecule has 0 aromatic carbocycles. The van der Waals surface area contributed by atoms with Crippen LogP contribution in [0, 0.1) is 5.92 Å². The van der Waals surface area contributed by atoms with Gasteiger partial charge in [-0.3, -0.25) is 14.5 Å². The molecule has 0 rings (SSSR count). The number of hydrogen-bond donors (Lipinski definition) is 1. The molecule has 106 valence electrons. The van der Waals surface area contributed by atoms with Gasteiger partial charge in [0.15, 0.2) is 0 Å². The number of carboxylic acid groups (broad SMARTS) is 1. The Bertz CT molecular complexity index is 268. The second-order valence-corrected chi connectivity index (χ2v) is 4.57. The third kappa shape index (κ3) is 6.71. The van der Waals surface area contributed by atoms with Crippen molar-refractivity contribution >= 4 is 11.8 Å². The van der Waals surface area contributed by atoms with Crippen LogP contribution >= 0.6 is 0 Å². The molecule has 2 unspecified atom stereocenters. The first kappa shape index (κ1) is 17.1. The summed E-state index contributed by atoms with van der Waals surface area (Å²) in [7, 11) is 0. The molecule has 0 aromatic heterocycles. The van der Waals surface area contributed by atoms with E-state index in [0.29, 0.717) is 26.3 Å². The fourth-order valence-electron chi connectivity index (χ4n) is 1.64. The van der Waals surface area contributed by atoms with Gasteiger partial charge in [0, 0.05) is 26.3 Å². The summed E-state index contributed by atoms with van der Waals surface area (Å²) < 4.78 is 5.25. The number of hydrogen-bond acceptors (Lipinski definition) is 4. The Morgan fingerprint density at radius 3 is 2.39 bits per heavy atom. The number of carbonyl (C=O) groups excluding carboxylic acids is 1. The number of ketones is 1. The van der Waals surface area contributed by atoms with Gasteiger partial charge in [-0.2, -0.15) is 0 Å². The van der Waals surface area contributed by atoms with Gasteiger partial charge in [-0.25, -0.2) is 0 Å². The summed E-state index contributed by atoms with van der Waals surface area (Å²) >= 11 is 0. The quantitative estimate of drug-likeness (QED) is 0.601. The number of rotatable bonds is 10. The largest absolute Gasteiger partial charge is 0.481 e. The summed E-state index contributed by atoms with van der Waals surface area (Å²) in [6.45, 7) is 9.32. The number of aliphatic carboxylic acids is 1. The Balaban J connectivity index is 4.33. The summed E-state index contributed by atoms with van der Waals surface area (Å²) in [5.74, 6) is -1.25. The van der Waals surface area contributed by atoms with Gasteiger partial charge in [0.2, 0.25) is 0 Å². The van der Waals surface area contributed by atoms with E-state index in [4.69, 9.17) is 9.84 Å². The molecule has 0 amide bonds. The number of nitrogens with zero attached hydrogens (tertiary/aromatic N) is 1. The van der Waals surface area contributed by atoms with E-state index in [1.165, 1.54) is 6.92 Å². The molecular weight excluding hydrogens is 234 g/mol. The molecule has 2 atom stereocenters. The zero-order valence-corrected chi connectivity index (χ0v) is 11.8. The van der Waals surface area contributed by atoms with Gasteiger partial charge in [-0.05, 0) is 27.2 Å². The van der Waals surface area contributed by atoms with Gasteiger partial charge in [-0.15, -0.1) is 0 Å². The zero-order chi connectivity index (χ0) is 14.1. The maximum atomic E-state index is 11.4. The third-order valence-electron chi connectivity index (χ3n) is 3.00. The fourth-order valence-corrected chi connectivity index (χ4v) is 1.64. The Morgan fingerprint density at radius 2 is 1.94 bits per heavy atom. The van der Waals surface area contributed by atoms with E-state index in [1.807, 2.05) is 18.7 Å². The van der Waals surface area contributed by atoms with Crippen molar-refractivity contribution in [2.75, 3.05) is 26.3 Å². The molecule has 0 aromatic rings. The second-order valence-electron chi connectivity index (χ2n) is 4.57. The molecule has 18 heavy (non-hydrogen) atoms. The van der Waals surface area contributed by atoms with Crippen LogP contribution in [0.1, 0.15) is 34.1 Å². The van der Waals surface area contributed by atoms with Crippen LogP contribution in [0.25, 0.3) is 0 Å². The van der Waals surface area contributed by atoms with Crippen molar-refractivity contribution in [2.24, 2.45) is 5.92 Å². The van der Waals surface area contributed by atoms with Crippen LogP contribution in [0.3, 0.4) is 0 Å². The lowest BCUT2D eigenvalue weighted by molar-refractivity contribution is -0.142. The molecule has 5 nitrogen and oxygen atoms in total. The van der Waals surface area contributed by atoms with Gasteiger partial charge in [0.05, 0.1) is 12.0 Å². The molecule has 0 aliphatic rings. The van der Waals surface area contributed by atoms with Gasteiger partial charge in [0.1, 0.15) is 5.78 Å². The van der Waals surface area contributed by atoms with Gasteiger partial charge < -0.3 is 9.84 Å². The normalized spacial score (nSPS) is 14.5. The first-order valence-electron chi connectivity index (χ1n) is 6.45. The van der Waals surface area contributed by atoms with Crippen LogP contribution < -0.4 is 0 Å². The monoisotopic (exact) mass is 259 g/mol. The van der Waals surface area contributed by atoms with E-state index in [0.717, 1.165) is 6.42 Å². The summed E-state index contributed by atoms with van der Waals surface area (Å²) in [5.41, 5.74) is 0. The zero-order valence-electron chi connectivity index (χ0n) is 11.8. The first-order valence-corrected chi connectivity index (χ1v) is 6.45. The van der Waals surface area contributed by atoms with Gasteiger partial charge in [-0.1, -0.05) is 6.92 Å². The maximum absolute atomic E-state index is 11.4. The number of carboxylic acids is 1. The Kier molecular flexibility index (Phi) is 8.58. The maximum Gasteiger partial charge on any atom is 0.307 e. The van der Waals surface area contributed by atoms with E-state index in [9.17, 15) is 9.59 Å². The molecule has 0 aliphatic carbocycles. The number of carbonyl (C=O) groups is 2. The van der Waals surface area contributed by atoms with E-state index in [-0.39, 0.29) is 11.8 Å². The lowest BCUT2D eigenvalue weighted by atomic mass is 10.1. The van der Waals surface area contributed by atoms with Crippen molar-refractivity contribution in [3.05, 3.63) is 0 Å². The van der Waals surface area contributed by atoms with Crippen molar-refractivity contribution < 1.29 is 19.4 Å². The predicted octanol–water partition coefficient (Wildman–Crippen LogP) is 1.41. The van der Waals surface area contributed by atoms with Crippen molar-refractivity contribution in [2.45, 2.75) is 40.2 Å². The molecule has 1 N–H and O–H groups in total. The number of ether oxygens (including phenoxy) is 1. The minimum Gasteiger partial charge on any atom is -0.481 e. The van der Waals surface area contributed by atoms with Gasteiger partial charge >= 0.3 is 5.97 Å². The average Bonchev–Trinajstić information content (AvgIpc) is 2.31. The van der Waals surface area contributed by atoms with Crippen molar-refractivity contribution in [1.82, 2.24) is 4.90 Å². The molecule has 0 saturated heterocycles. The van der Waals surface area contributed by atoms with Crippen LogP contribution in [-0.2, 0) is 14.3 Å². The van der Waals surface area contributed by atoms with Crippen molar-refractivity contribution in [1.29, 1.82) is 0 Å². The van der Waals surface area contributed by atoms with Crippen molar-refractivity contribution in [3.63, 3.8) is 0 Å². The molecule has 0 spiro atoms. The predicted molar refractivity (Wildman–Crippen MR) is 69.6 cm³/mol. The topological polar surface area (TPSA) is 66.8 Å². The summed E-state index contributed by atoms with van der Waals surface area (Å²) in [4.78, 5) is 24.2. The molecule has 0 saturated carbocycles. The standard InChI is InChI=1S/C13H25NO4/c1-5-18-8-6-7-14(11(3)12(4)15)9-10(2)13(16)17/h10-11H,5-9H2,1-4H3,(H,16,17). The third-order valence-corrected chi connectivity index (χ3v) is 3.00. The second kappa shape index (κ2) is 9.05. The van der Waals surface area contributed by atoms with Gasteiger partial charge in [0.25, 0.3) is 0 Å². The van der Waals surface area contributed by atoms with Crippen LogP contribution in [0.2, 0.25) is 0 Å². The highest BCUT2D eigenvalue weighted by atomic mass is 16.5. The van der Waals surface area contributed by atoms with Crippen LogP contribution in [-0.4, -0.2) is 54.1 Å². The van der Waals surface area contributed by atoms with Crippen LogP contribution in [0.4, 0.5) is 0 Å². The van der Waals surface area contributed by atoms with E-state index in [1.54, 1.807) is 6.92 Å². The highest BCUT2D eigenvalue weighted by Gasteiger charge is 2.22. The van der Waals surface area contributed by atoms with Crippen molar-refractivity contribution in [3.8, 4) is 0 Å². The fraction of sp³-hybridized carbons (Fsp3) is 0.846. The van der Waals surface area contributed by atoms with E-state index in [2.05, 4.69) is 0 Å². The highest BCUT2D eigenvalue weighted by Crippen LogP contribution is 2.07. The van der Waals surface area contributed by atoms with E-state index < -0.39 is 11.9 Å². The molecule has 0 fully saturated rings. The highest BCUT2D eigenvalue weighted by molar-refractivity contribution is 5.81. The lowest BCUT2D eigenvalue weighted by Gasteiger charge is -2.28. The average molecular weight is 259 g/mol. The molecule has 0 aliphatic heterocycles. The molecular formula is C13H25NO4. The van der Waals surface area contributed by atoms with Crippen LogP contribution in [0.5, 0.6) is 0 Å². The molecule has 0 bridgehead atoms. The minimum atomic E-state index is -0.833. The SMILES string of the molecule is CCOCCCN(CC(C)C(=O)O)C(C)C(C)=O.